The van der Waals surface area contributed by atoms with Crippen LogP contribution in [0.3, 0.4) is 0 Å². The second kappa shape index (κ2) is 8.07. The van der Waals surface area contributed by atoms with Crippen LogP contribution in [0.25, 0.3) is 39.5 Å². The molecule has 1 aromatic heterocycles. The lowest BCUT2D eigenvalue weighted by Gasteiger charge is -2.12. The van der Waals surface area contributed by atoms with E-state index in [1.807, 2.05) is 60.7 Å². The molecule has 0 radical (unpaired) electrons. The lowest BCUT2D eigenvalue weighted by atomic mass is 10.1. The van der Waals surface area contributed by atoms with Crippen molar-refractivity contribution >= 4 is 56.4 Å². The van der Waals surface area contributed by atoms with E-state index in [1.54, 1.807) is 34.9 Å². The fraction of sp³-hybridized carbons (Fsp3) is 0. The summed E-state index contributed by atoms with van der Waals surface area (Å²) in [7, 11) is 0. The molecule has 0 N–H and O–H groups in total. The first-order chi connectivity index (χ1) is 15.1. The van der Waals surface area contributed by atoms with Gasteiger partial charge in [-0.2, -0.15) is 0 Å². The summed E-state index contributed by atoms with van der Waals surface area (Å²) in [6.45, 7) is 0. The summed E-state index contributed by atoms with van der Waals surface area (Å²) >= 11 is 2.19. The van der Waals surface area contributed by atoms with Gasteiger partial charge in [0.2, 0.25) is 0 Å². The number of fused-ring (bicyclic) bond motifs is 2. The Kier molecular flexibility index (Phi) is 5.11. The minimum absolute atomic E-state index is 0.160. The van der Waals surface area contributed by atoms with Crippen LogP contribution in [0, 0.1) is 9.39 Å². The predicted octanol–water partition coefficient (Wildman–Crippen LogP) is 6.45. The molecule has 5 heteroatoms. The number of aromatic nitrogens is 2. The molecule has 0 aliphatic carbocycles. The molecule has 1 heterocycles. The number of benzene rings is 4. The highest BCUT2D eigenvalue weighted by molar-refractivity contribution is 14.1. The molecule has 5 aromatic rings. The smallest absolute Gasteiger partial charge is 0.266 e. The van der Waals surface area contributed by atoms with Gasteiger partial charge in [0.15, 0.2) is 0 Å². The first-order valence-electron chi connectivity index (χ1n) is 9.74. The van der Waals surface area contributed by atoms with E-state index in [0.29, 0.717) is 28.0 Å². The zero-order chi connectivity index (χ0) is 21.4. The lowest BCUT2D eigenvalue weighted by Crippen LogP contribution is -2.22. The molecule has 0 saturated heterocycles. The number of hydrogen-bond acceptors (Lipinski definition) is 2. The topological polar surface area (TPSA) is 34.9 Å². The molecular formula is C26H16FIN2O. The molecule has 5 rings (SSSR count). The van der Waals surface area contributed by atoms with E-state index in [-0.39, 0.29) is 11.4 Å². The van der Waals surface area contributed by atoms with Crippen molar-refractivity contribution in [3.63, 3.8) is 0 Å². The van der Waals surface area contributed by atoms with Gasteiger partial charge in [-0.15, -0.1) is 0 Å². The molecule has 0 aliphatic heterocycles. The second-order valence-electron chi connectivity index (χ2n) is 7.16. The second-order valence-corrected chi connectivity index (χ2v) is 8.40. The Labute approximate surface area is 191 Å². The SMILES string of the molecule is O=c1c2cc(I)ccc2nc(/C=C/c2ccccc2F)n1-c1ccc2ccccc2c1. The normalized spacial score (nSPS) is 11.5. The summed E-state index contributed by atoms with van der Waals surface area (Å²) in [5, 5.41) is 2.66. The third-order valence-electron chi connectivity index (χ3n) is 5.16. The summed E-state index contributed by atoms with van der Waals surface area (Å²) in [5.41, 5.74) is 1.59. The molecular weight excluding hydrogens is 502 g/mol. The molecule has 31 heavy (non-hydrogen) atoms. The van der Waals surface area contributed by atoms with Crippen LogP contribution < -0.4 is 5.56 Å². The van der Waals surface area contributed by atoms with Crippen LogP contribution in [0.4, 0.5) is 4.39 Å². The van der Waals surface area contributed by atoms with Crippen molar-refractivity contribution in [1.29, 1.82) is 0 Å². The molecule has 0 fully saturated rings. The van der Waals surface area contributed by atoms with Gasteiger partial charge in [-0.3, -0.25) is 9.36 Å². The largest absolute Gasteiger partial charge is 0.268 e. The number of halogens is 2. The van der Waals surface area contributed by atoms with Gasteiger partial charge in [0.25, 0.3) is 5.56 Å². The maximum Gasteiger partial charge on any atom is 0.266 e. The van der Waals surface area contributed by atoms with Gasteiger partial charge in [-0.25, -0.2) is 9.37 Å². The number of hydrogen-bond donors (Lipinski definition) is 0. The van der Waals surface area contributed by atoms with Crippen LogP contribution in [0.2, 0.25) is 0 Å². The summed E-state index contributed by atoms with van der Waals surface area (Å²) < 4.78 is 16.7. The zero-order valence-corrected chi connectivity index (χ0v) is 18.5. The van der Waals surface area contributed by atoms with Gasteiger partial charge in [0.1, 0.15) is 11.6 Å². The lowest BCUT2D eigenvalue weighted by molar-refractivity contribution is 0.625. The van der Waals surface area contributed by atoms with E-state index in [0.717, 1.165) is 14.3 Å². The molecule has 0 spiro atoms. The molecule has 0 amide bonds. The average Bonchev–Trinajstić information content (AvgIpc) is 2.79. The van der Waals surface area contributed by atoms with Gasteiger partial charge in [-0.1, -0.05) is 48.5 Å². The van der Waals surface area contributed by atoms with Crippen molar-refractivity contribution < 1.29 is 4.39 Å². The number of nitrogens with zero attached hydrogens (tertiary/aromatic N) is 2. The maximum atomic E-state index is 14.1. The Balaban J connectivity index is 1.77. The third kappa shape index (κ3) is 3.77. The van der Waals surface area contributed by atoms with Crippen molar-refractivity contribution in [3.8, 4) is 5.69 Å². The molecule has 0 unspecified atom stereocenters. The molecule has 3 nitrogen and oxygen atoms in total. The van der Waals surface area contributed by atoms with Crippen LogP contribution >= 0.6 is 22.6 Å². The van der Waals surface area contributed by atoms with Crippen LogP contribution in [0.5, 0.6) is 0 Å². The summed E-state index contributed by atoms with van der Waals surface area (Å²) in [5.74, 6) is 0.117. The Hall–Kier alpha value is -3.32. The van der Waals surface area contributed by atoms with Crippen LogP contribution in [0.15, 0.2) is 89.7 Å². The van der Waals surface area contributed by atoms with E-state index in [9.17, 15) is 9.18 Å². The molecule has 0 saturated carbocycles. The Bertz CT molecular complexity index is 1540. The molecule has 0 aliphatic rings. The van der Waals surface area contributed by atoms with Crippen molar-refractivity contribution in [3.05, 3.63) is 116 Å². The van der Waals surface area contributed by atoms with Crippen LogP contribution in [0.1, 0.15) is 11.4 Å². The standard InChI is InChI=1S/C26H16FIN2O/c27-23-8-4-3-6-18(23)10-14-25-29-24-13-11-20(28)16-22(24)26(31)30(25)21-12-9-17-5-1-2-7-19(17)15-21/h1-16H/b14-10+. The van der Waals surface area contributed by atoms with Gasteiger partial charge in [0, 0.05) is 9.13 Å². The van der Waals surface area contributed by atoms with E-state index in [4.69, 9.17) is 4.98 Å². The van der Waals surface area contributed by atoms with Gasteiger partial charge < -0.3 is 0 Å². The van der Waals surface area contributed by atoms with Crippen LogP contribution in [-0.4, -0.2) is 9.55 Å². The highest BCUT2D eigenvalue weighted by atomic mass is 127. The van der Waals surface area contributed by atoms with E-state index in [2.05, 4.69) is 22.6 Å². The van der Waals surface area contributed by atoms with E-state index >= 15 is 0 Å². The molecule has 150 valence electrons. The zero-order valence-electron chi connectivity index (χ0n) is 16.3. The first-order valence-corrected chi connectivity index (χ1v) is 10.8. The van der Waals surface area contributed by atoms with E-state index in [1.165, 1.54) is 6.07 Å². The Morgan fingerprint density at radius 1 is 0.839 bits per heavy atom. The third-order valence-corrected chi connectivity index (χ3v) is 5.84. The maximum absolute atomic E-state index is 14.1. The van der Waals surface area contributed by atoms with Gasteiger partial charge in [-0.05, 0) is 81.9 Å². The van der Waals surface area contributed by atoms with Crippen molar-refractivity contribution in [2.75, 3.05) is 0 Å². The molecule has 4 aromatic carbocycles. The van der Waals surface area contributed by atoms with Crippen LogP contribution in [-0.2, 0) is 0 Å². The van der Waals surface area contributed by atoms with Crippen molar-refractivity contribution in [1.82, 2.24) is 9.55 Å². The number of rotatable bonds is 3. The summed E-state index contributed by atoms with van der Waals surface area (Å²) in [6.07, 6.45) is 3.33. The summed E-state index contributed by atoms with van der Waals surface area (Å²) in [4.78, 5) is 18.3. The monoisotopic (exact) mass is 518 g/mol. The highest BCUT2D eigenvalue weighted by Crippen LogP contribution is 2.21. The summed E-state index contributed by atoms with van der Waals surface area (Å²) in [6, 6.07) is 26.0. The Morgan fingerprint density at radius 2 is 1.61 bits per heavy atom. The fourth-order valence-electron chi connectivity index (χ4n) is 3.63. The average molecular weight is 518 g/mol. The van der Waals surface area contributed by atoms with Crippen molar-refractivity contribution in [2.45, 2.75) is 0 Å². The predicted molar refractivity (Wildman–Crippen MR) is 133 cm³/mol. The van der Waals surface area contributed by atoms with Crippen molar-refractivity contribution in [2.24, 2.45) is 0 Å². The minimum atomic E-state index is -0.325. The fourth-order valence-corrected chi connectivity index (χ4v) is 4.12. The molecule has 0 atom stereocenters. The van der Waals surface area contributed by atoms with Gasteiger partial charge >= 0.3 is 0 Å². The molecule has 0 bridgehead atoms. The van der Waals surface area contributed by atoms with Gasteiger partial charge in [0.05, 0.1) is 16.6 Å². The minimum Gasteiger partial charge on any atom is -0.268 e. The highest BCUT2D eigenvalue weighted by Gasteiger charge is 2.12. The Morgan fingerprint density at radius 3 is 2.45 bits per heavy atom. The quantitative estimate of drug-likeness (QED) is 0.257. The van der Waals surface area contributed by atoms with E-state index < -0.39 is 0 Å². The first kappa shape index (κ1) is 19.6.